The Labute approximate surface area is 91.9 Å². The summed E-state index contributed by atoms with van der Waals surface area (Å²) in [5.74, 6) is 1.40. The molecule has 0 aliphatic heterocycles. The predicted molar refractivity (Wildman–Crippen MR) is 65.2 cm³/mol. The highest BCUT2D eigenvalue weighted by molar-refractivity contribution is 5.93. The van der Waals surface area contributed by atoms with Crippen LogP contribution in [0.3, 0.4) is 0 Å². The lowest BCUT2D eigenvalue weighted by Crippen LogP contribution is -2.17. The van der Waals surface area contributed by atoms with Crippen LogP contribution in [0.4, 0.5) is 0 Å². The quantitative estimate of drug-likeness (QED) is 0.550. The monoisotopic (exact) mass is 207 g/mol. The molecular formula is C12H21N3. The average molecular weight is 207 g/mol. The van der Waals surface area contributed by atoms with E-state index >= 15 is 0 Å². The first-order valence-corrected chi connectivity index (χ1v) is 5.31. The number of amidine groups is 1. The van der Waals surface area contributed by atoms with Crippen molar-refractivity contribution in [1.82, 2.24) is 0 Å². The molecule has 0 amide bonds. The molecule has 0 radical (unpaired) electrons. The van der Waals surface area contributed by atoms with Gasteiger partial charge in [-0.15, -0.1) is 0 Å². The fourth-order valence-electron chi connectivity index (χ4n) is 1.70. The van der Waals surface area contributed by atoms with Crippen molar-refractivity contribution in [3.8, 4) is 0 Å². The Hall–Kier alpha value is -1.25. The summed E-state index contributed by atoms with van der Waals surface area (Å²) < 4.78 is 0. The van der Waals surface area contributed by atoms with Crippen molar-refractivity contribution < 1.29 is 0 Å². The molecule has 3 heteroatoms. The van der Waals surface area contributed by atoms with E-state index in [1.165, 1.54) is 18.4 Å². The average Bonchev–Trinajstić information content (AvgIpc) is 2.78. The molecular weight excluding hydrogens is 186 g/mol. The summed E-state index contributed by atoms with van der Waals surface area (Å²) in [5.41, 5.74) is 12.7. The normalized spacial score (nSPS) is 19.1. The van der Waals surface area contributed by atoms with Crippen LogP contribution in [-0.4, -0.2) is 5.84 Å². The second-order valence-electron chi connectivity index (χ2n) is 5.15. The fourth-order valence-corrected chi connectivity index (χ4v) is 1.70. The summed E-state index contributed by atoms with van der Waals surface area (Å²) in [6, 6.07) is 0. The van der Waals surface area contributed by atoms with E-state index in [4.69, 9.17) is 11.5 Å². The standard InChI is InChI=1S/C12H21N3/c1-8(13)15-11(14)7-10(9-5-6-9)12(2,3)4/h7,9H,1,5-6,13H2,2-4H3,(H2,14,15)/b10-7-. The zero-order valence-electron chi connectivity index (χ0n) is 9.88. The van der Waals surface area contributed by atoms with Crippen LogP contribution in [0.1, 0.15) is 33.6 Å². The minimum absolute atomic E-state index is 0.150. The minimum Gasteiger partial charge on any atom is -0.384 e. The molecule has 0 bridgehead atoms. The summed E-state index contributed by atoms with van der Waals surface area (Å²) in [6.07, 6.45) is 4.48. The van der Waals surface area contributed by atoms with Gasteiger partial charge in [-0.3, -0.25) is 0 Å². The van der Waals surface area contributed by atoms with E-state index in [2.05, 4.69) is 32.3 Å². The topological polar surface area (TPSA) is 64.4 Å². The Morgan fingerprint density at radius 2 is 1.87 bits per heavy atom. The van der Waals surface area contributed by atoms with Gasteiger partial charge in [0.15, 0.2) is 0 Å². The number of rotatable bonds is 3. The molecule has 0 spiro atoms. The van der Waals surface area contributed by atoms with Crippen molar-refractivity contribution in [1.29, 1.82) is 0 Å². The molecule has 0 aromatic heterocycles. The van der Waals surface area contributed by atoms with Gasteiger partial charge in [0.1, 0.15) is 11.7 Å². The van der Waals surface area contributed by atoms with Crippen molar-refractivity contribution in [2.24, 2.45) is 27.8 Å². The summed E-state index contributed by atoms with van der Waals surface area (Å²) in [5, 5.41) is 0. The van der Waals surface area contributed by atoms with Crippen LogP contribution in [0.25, 0.3) is 0 Å². The van der Waals surface area contributed by atoms with Crippen molar-refractivity contribution >= 4 is 5.84 Å². The SMILES string of the molecule is C=C(N)N=C(N)/C=C(/C1CC1)C(C)(C)C. The molecule has 0 unspecified atom stereocenters. The first kappa shape index (κ1) is 11.8. The lowest BCUT2D eigenvalue weighted by atomic mass is 9.83. The Morgan fingerprint density at radius 3 is 2.20 bits per heavy atom. The van der Waals surface area contributed by atoms with Gasteiger partial charge in [-0.05, 0) is 30.3 Å². The second-order valence-corrected chi connectivity index (χ2v) is 5.15. The van der Waals surface area contributed by atoms with Crippen LogP contribution >= 0.6 is 0 Å². The van der Waals surface area contributed by atoms with Crippen LogP contribution in [0.5, 0.6) is 0 Å². The zero-order chi connectivity index (χ0) is 11.6. The largest absolute Gasteiger partial charge is 0.384 e. The molecule has 1 aliphatic carbocycles. The van der Waals surface area contributed by atoms with Gasteiger partial charge in [0.05, 0.1) is 0 Å². The first-order chi connectivity index (χ1) is 6.80. The van der Waals surface area contributed by atoms with Crippen LogP contribution in [0.2, 0.25) is 0 Å². The molecule has 1 aliphatic rings. The third-order valence-corrected chi connectivity index (χ3v) is 2.46. The Balaban J connectivity index is 2.89. The molecule has 84 valence electrons. The third-order valence-electron chi connectivity index (χ3n) is 2.46. The summed E-state index contributed by atoms with van der Waals surface area (Å²) in [4.78, 5) is 3.94. The van der Waals surface area contributed by atoms with Gasteiger partial charge in [0.2, 0.25) is 0 Å². The maximum absolute atomic E-state index is 5.77. The summed E-state index contributed by atoms with van der Waals surface area (Å²) >= 11 is 0. The van der Waals surface area contributed by atoms with Gasteiger partial charge in [-0.25, -0.2) is 4.99 Å². The molecule has 0 atom stereocenters. The lowest BCUT2D eigenvalue weighted by molar-refractivity contribution is 0.476. The zero-order valence-corrected chi connectivity index (χ0v) is 9.88. The summed E-state index contributed by atoms with van der Waals surface area (Å²) in [7, 11) is 0. The number of hydrogen-bond donors (Lipinski definition) is 2. The van der Waals surface area contributed by atoms with Crippen LogP contribution in [0, 0.1) is 11.3 Å². The predicted octanol–water partition coefficient (Wildman–Crippen LogP) is 2.16. The van der Waals surface area contributed by atoms with E-state index in [-0.39, 0.29) is 11.2 Å². The minimum atomic E-state index is 0.150. The van der Waals surface area contributed by atoms with Crippen molar-refractivity contribution in [3.05, 3.63) is 24.0 Å². The molecule has 1 rings (SSSR count). The second kappa shape index (κ2) is 4.09. The number of aliphatic imine (C=N–C) groups is 1. The highest BCUT2D eigenvalue weighted by Gasteiger charge is 2.32. The van der Waals surface area contributed by atoms with Gasteiger partial charge in [-0.2, -0.15) is 0 Å². The number of nitrogens with zero attached hydrogens (tertiary/aromatic N) is 1. The van der Waals surface area contributed by atoms with E-state index in [1.54, 1.807) is 0 Å². The molecule has 3 nitrogen and oxygen atoms in total. The highest BCUT2D eigenvalue weighted by Crippen LogP contribution is 2.44. The van der Waals surface area contributed by atoms with E-state index in [0.717, 1.165) is 0 Å². The van der Waals surface area contributed by atoms with Crippen LogP contribution in [0.15, 0.2) is 29.0 Å². The van der Waals surface area contributed by atoms with E-state index in [9.17, 15) is 0 Å². The molecule has 0 heterocycles. The number of allylic oxidation sites excluding steroid dienone is 1. The summed E-state index contributed by atoms with van der Waals surface area (Å²) in [6.45, 7) is 10.1. The number of hydrogen-bond acceptors (Lipinski definition) is 2. The molecule has 1 fully saturated rings. The van der Waals surface area contributed by atoms with Crippen molar-refractivity contribution in [2.75, 3.05) is 0 Å². The van der Waals surface area contributed by atoms with Crippen LogP contribution in [-0.2, 0) is 0 Å². The molecule has 1 saturated carbocycles. The number of nitrogens with two attached hydrogens (primary N) is 2. The Bertz CT molecular complexity index is 314. The molecule has 0 saturated heterocycles. The van der Waals surface area contributed by atoms with Crippen molar-refractivity contribution in [3.63, 3.8) is 0 Å². The maximum Gasteiger partial charge on any atom is 0.125 e. The molecule has 0 aromatic rings. The fraction of sp³-hybridized carbons (Fsp3) is 0.583. The van der Waals surface area contributed by atoms with Gasteiger partial charge in [0.25, 0.3) is 0 Å². The van der Waals surface area contributed by atoms with E-state index in [0.29, 0.717) is 11.8 Å². The van der Waals surface area contributed by atoms with E-state index in [1.807, 2.05) is 6.08 Å². The molecule has 0 aromatic carbocycles. The smallest absolute Gasteiger partial charge is 0.125 e. The highest BCUT2D eigenvalue weighted by atomic mass is 14.9. The lowest BCUT2D eigenvalue weighted by Gasteiger charge is -2.23. The van der Waals surface area contributed by atoms with Crippen LogP contribution < -0.4 is 11.5 Å². The van der Waals surface area contributed by atoms with Crippen molar-refractivity contribution in [2.45, 2.75) is 33.6 Å². The van der Waals surface area contributed by atoms with Gasteiger partial charge in [0, 0.05) is 0 Å². The van der Waals surface area contributed by atoms with E-state index < -0.39 is 0 Å². The van der Waals surface area contributed by atoms with Gasteiger partial charge in [-0.1, -0.05) is 32.9 Å². The molecule has 15 heavy (non-hydrogen) atoms. The third kappa shape index (κ3) is 3.78. The Morgan fingerprint density at radius 1 is 1.33 bits per heavy atom. The Kier molecular flexibility index (Phi) is 3.22. The van der Waals surface area contributed by atoms with Gasteiger partial charge < -0.3 is 11.5 Å². The van der Waals surface area contributed by atoms with Gasteiger partial charge >= 0.3 is 0 Å². The molecule has 4 N–H and O–H groups in total. The maximum atomic E-state index is 5.77. The first-order valence-electron chi connectivity index (χ1n) is 5.31.